The number of benzene rings is 2. The molecule has 0 bridgehead atoms. The van der Waals surface area contributed by atoms with Gasteiger partial charge in [0.15, 0.2) is 0 Å². The van der Waals surface area contributed by atoms with Crippen LogP contribution in [0, 0.1) is 6.92 Å². The summed E-state index contributed by atoms with van der Waals surface area (Å²) in [6.45, 7) is 2.03. The maximum Gasteiger partial charge on any atom is 0.267 e. The second kappa shape index (κ2) is 7.04. The number of hydrogen-bond donors (Lipinski definition) is 1. The van der Waals surface area contributed by atoms with Crippen molar-refractivity contribution in [3.8, 4) is 16.9 Å². The van der Waals surface area contributed by atoms with E-state index in [2.05, 4.69) is 9.55 Å². The number of thioether (sulfide) groups is 1. The Morgan fingerprint density at radius 3 is 2.33 bits per heavy atom. The topological polar surface area (TPSA) is 71.9 Å². The molecule has 0 aliphatic carbocycles. The van der Waals surface area contributed by atoms with Gasteiger partial charge in [-0.3, -0.25) is 4.79 Å². The average molecular weight is 435 g/mol. The van der Waals surface area contributed by atoms with E-state index < -0.39 is 15.4 Å². The quantitative estimate of drug-likeness (QED) is 0.512. The largest absolute Gasteiger partial charge is 0.320 e. The molecule has 0 saturated carbocycles. The number of para-hydroxylation sites is 1. The Labute approximate surface area is 178 Å². The zero-order valence-corrected chi connectivity index (χ0v) is 17.8. The molecule has 7 heteroatoms. The highest BCUT2D eigenvalue weighted by Gasteiger charge is 2.28. The number of pyridine rings is 1. The first-order valence-electron chi connectivity index (χ1n) is 9.44. The van der Waals surface area contributed by atoms with Crippen LogP contribution in [0.5, 0.6) is 0 Å². The van der Waals surface area contributed by atoms with Crippen LogP contribution in [-0.4, -0.2) is 18.0 Å². The lowest BCUT2D eigenvalue weighted by Crippen LogP contribution is -2.20. The molecule has 5 nitrogen and oxygen atoms in total. The monoisotopic (exact) mass is 434 g/mol. The molecule has 4 aromatic rings. The third-order valence-corrected chi connectivity index (χ3v) is 8.07. The number of aryl methyl sites for hydroxylation is 1. The van der Waals surface area contributed by atoms with E-state index in [9.17, 15) is 13.2 Å². The first kappa shape index (κ1) is 19.0. The van der Waals surface area contributed by atoms with Crippen molar-refractivity contribution in [1.82, 2.24) is 9.55 Å². The first-order chi connectivity index (χ1) is 14.5. The Bertz CT molecular complexity index is 1420. The summed E-state index contributed by atoms with van der Waals surface area (Å²) in [6, 6.07) is 21.7. The molecule has 0 unspecified atom stereocenters. The smallest absolute Gasteiger partial charge is 0.267 e. The molecule has 1 aliphatic rings. The lowest BCUT2D eigenvalue weighted by Gasteiger charge is -2.19. The van der Waals surface area contributed by atoms with Gasteiger partial charge in [0.05, 0.1) is 10.6 Å². The van der Waals surface area contributed by atoms with Crippen LogP contribution in [0.3, 0.4) is 0 Å². The lowest BCUT2D eigenvalue weighted by atomic mass is 10.1. The predicted molar refractivity (Wildman–Crippen MR) is 118 cm³/mol. The van der Waals surface area contributed by atoms with E-state index in [1.165, 1.54) is 30.0 Å². The van der Waals surface area contributed by atoms with Crippen LogP contribution in [0.15, 0.2) is 92.3 Å². The maximum absolute atomic E-state index is 13.0. The Morgan fingerprint density at radius 1 is 0.967 bits per heavy atom. The van der Waals surface area contributed by atoms with Gasteiger partial charge in [-0.25, -0.2) is 8.42 Å². The summed E-state index contributed by atoms with van der Waals surface area (Å²) in [6.07, 6.45) is 0. The van der Waals surface area contributed by atoms with Crippen LogP contribution in [0.25, 0.3) is 16.9 Å². The molecule has 2 aromatic heterocycles. The zero-order valence-electron chi connectivity index (χ0n) is 16.1. The van der Waals surface area contributed by atoms with Gasteiger partial charge in [0, 0.05) is 33.3 Å². The van der Waals surface area contributed by atoms with Gasteiger partial charge in [0.2, 0.25) is 9.84 Å². The van der Waals surface area contributed by atoms with E-state index in [1.807, 2.05) is 43.3 Å². The molecule has 30 heavy (non-hydrogen) atoms. The molecule has 0 atom stereocenters. The second-order valence-corrected chi connectivity index (χ2v) is 10.1. The number of fused-ring (bicyclic) bond motifs is 3. The second-order valence-electron chi connectivity index (χ2n) is 7.12. The number of sulfone groups is 1. The molecule has 1 N–H and O–H groups in total. The van der Waals surface area contributed by atoms with E-state index >= 15 is 0 Å². The third-order valence-electron chi connectivity index (χ3n) is 5.25. The molecule has 0 radical (unpaired) electrons. The van der Waals surface area contributed by atoms with E-state index in [0.29, 0.717) is 11.4 Å². The molecule has 3 heterocycles. The van der Waals surface area contributed by atoms with Gasteiger partial charge >= 0.3 is 0 Å². The van der Waals surface area contributed by atoms with Gasteiger partial charge in [0.1, 0.15) is 4.90 Å². The maximum atomic E-state index is 13.0. The van der Waals surface area contributed by atoms with Crippen molar-refractivity contribution in [1.29, 1.82) is 0 Å². The van der Waals surface area contributed by atoms with Crippen molar-refractivity contribution in [3.63, 3.8) is 0 Å². The van der Waals surface area contributed by atoms with Crippen LogP contribution >= 0.6 is 11.8 Å². The molecular formula is C23H18N2O3S2. The number of H-pyrrole nitrogens is 1. The molecule has 2 aromatic carbocycles. The highest BCUT2D eigenvalue weighted by atomic mass is 32.2. The van der Waals surface area contributed by atoms with Crippen molar-refractivity contribution < 1.29 is 8.42 Å². The van der Waals surface area contributed by atoms with E-state index in [4.69, 9.17) is 0 Å². The molecular weight excluding hydrogens is 416 g/mol. The highest BCUT2D eigenvalue weighted by Crippen LogP contribution is 2.43. The fraction of sp³-hybridized carbons (Fsp3) is 0.0870. The van der Waals surface area contributed by atoms with Crippen LogP contribution in [0.2, 0.25) is 0 Å². The fourth-order valence-corrected chi connectivity index (χ4v) is 6.36. The van der Waals surface area contributed by atoms with E-state index in [1.54, 1.807) is 18.2 Å². The predicted octanol–water partition coefficient (Wildman–Crippen LogP) is 4.58. The van der Waals surface area contributed by atoms with E-state index in [0.717, 1.165) is 27.5 Å². The van der Waals surface area contributed by atoms with Gasteiger partial charge in [-0.1, -0.05) is 36.4 Å². The summed E-state index contributed by atoms with van der Waals surface area (Å²) in [4.78, 5) is 16.3. The number of aromatic nitrogens is 2. The minimum absolute atomic E-state index is 0.114. The molecule has 5 rings (SSSR count). The number of rotatable bonds is 3. The Balaban J connectivity index is 1.67. The normalized spacial score (nSPS) is 13.0. The standard InChI is InChI=1S/C23H18N2O3S2/c1-15-12-18-19(25(15)16-8-4-2-5-9-16)14-29-20-13-21(23(26)24-22(18)20)30(27,28)17-10-6-3-7-11-17/h2-13H,14H2,1H3,(H,24,26). The summed E-state index contributed by atoms with van der Waals surface area (Å²) >= 11 is 1.53. The minimum atomic E-state index is -3.89. The van der Waals surface area contributed by atoms with Crippen LogP contribution in [0.1, 0.15) is 11.4 Å². The Morgan fingerprint density at radius 2 is 1.63 bits per heavy atom. The molecule has 0 fully saturated rings. The van der Waals surface area contributed by atoms with Gasteiger partial charge in [0.25, 0.3) is 5.56 Å². The first-order valence-corrected chi connectivity index (χ1v) is 11.9. The average Bonchev–Trinajstić information content (AvgIpc) is 3.11. The van der Waals surface area contributed by atoms with E-state index in [-0.39, 0.29) is 9.79 Å². The summed E-state index contributed by atoms with van der Waals surface area (Å²) in [5.41, 5.74) is 4.22. The van der Waals surface area contributed by atoms with Gasteiger partial charge in [-0.15, -0.1) is 11.8 Å². The molecule has 1 aliphatic heterocycles. The van der Waals surface area contributed by atoms with Crippen LogP contribution in [-0.2, 0) is 15.6 Å². The molecule has 0 amide bonds. The van der Waals surface area contributed by atoms with Gasteiger partial charge < -0.3 is 9.55 Å². The molecule has 0 saturated heterocycles. The van der Waals surface area contributed by atoms with Crippen molar-refractivity contribution in [2.45, 2.75) is 27.4 Å². The van der Waals surface area contributed by atoms with Crippen molar-refractivity contribution in [2.75, 3.05) is 0 Å². The highest BCUT2D eigenvalue weighted by molar-refractivity contribution is 7.98. The number of nitrogens with zero attached hydrogens (tertiary/aromatic N) is 1. The fourth-order valence-electron chi connectivity index (χ4n) is 3.87. The summed E-state index contributed by atoms with van der Waals surface area (Å²) < 4.78 is 28.2. The van der Waals surface area contributed by atoms with Crippen LogP contribution in [0.4, 0.5) is 0 Å². The Kier molecular flexibility index (Phi) is 4.45. The van der Waals surface area contributed by atoms with Gasteiger partial charge in [-0.05, 0) is 43.3 Å². The van der Waals surface area contributed by atoms with Crippen molar-refractivity contribution in [2.24, 2.45) is 0 Å². The third kappa shape index (κ3) is 2.93. The van der Waals surface area contributed by atoms with Gasteiger partial charge in [-0.2, -0.15) is 0 Å². The number of hydrogen-bond acceptors (Lipinski definition) is 4. The summed E-state index contributed by atoms with van der Waals surface area (Å²) in [5, 5.41) is 0. The van der Waals surface area contributed by atoms with Crippen molar-refractivity contribution in [3.05, 3.63) is 94.5 Å². The zero-order chi connectivity index (χ0) is 20.9. The summed E-state index contributed by atoms with van der Waals surface area (Å²) in [5.74, 6) is 0.682. The number of nitrogens with one attached hydrogen (secondary N) is 1. The lowest BCUT2D eigenvalue weighted by molar-refractivity contribution is 0.594. The number of aromatic amines is 1. The summed E-state index contributed by atoms with van der Waals surface area (Å²) in [7, 11) is -3.89. The Hall–Kier alpha value is -3.03. The molecule has 150 valence electrons. The van der Waals surface area contributed by atoms with Crippen molar-refractivity contribution >= 4 is 21.6 Å². The molecule has 0 spiro atoms. The minimum Gasteiger partial charge on any atom is -0.320 e. The van der Waals surface area contributed by atoms with Crippen LogP contribution < -0.4 is 5.56 Å². The SMILES string of the molecule is Cc1cc2c(n1-c1ccccc1)CSc1cc(S(=O)(=O)c3ccccc3)c(=O)[nH]c1-2.